The van der Waals surface area contributed by atoms with Crippen LogP contribution in [0.1, 0.15) is 5.56 Å². The zero-order valence-corrected chi connectivity index (χ0v) is 10.9. The van der Waals surface area contributed by atoms with E-state index in [0.29, 0.717) is 22.4 Å². The Hall–Kier alpha value is -2.20. The quantitative estimate of drug-likeness (QED) is 0.712. The fourth-order valence-corrected chi connectivity index (χ4v) is 1.93. The van der Waals surface area contributed by atoms with E-state index in [0.717, 1.165) is 11.1 Å². The summed E-state index contributed by atoms with van der Waals surface area (Å²) in [5.74, 6) is 0.913. The van der Waals surface area contributed by atoms with Gasteiger partial charge in [0.1, 0.15) is 5.69 Å². The molecule has 0 spiro atoms. The number of nitrogens with zero attached hydrogens (tertiary/aromatic N) is 3. The molecule has 4 nitrogen and oxygen atoms in total. The summed E-state index contributed by atoms with van der Waals surface area (Å²) in [5, 5.41) is 4.58. The number of benzene rings is 1. The van der Waals surface area contributed by atoms with Crippen LogP contribution in [0.3, 0.4) is 0 Å². The second kappa shape index (κ2) is 4.82. The van der Waals surface area contributed by atoms with Crippen LogP contribution in [-0.4, -0.2) is 15.1 Å². The molecule has 1 aromatic carbocycles. The number of aryl methyl sites for hydroxylation is 1. The Bertz CT molecular complexity index is 710. The highest BCUT2D eigenvalue weighted by atomic mass is 35.5. The first-order valence-corrected chi connectivity index (χ1v) is 6.13. The van der Waals surface area contributed by atoms with Crippen molar-refractivity contribution < 1.29 is 4.52 Å². The van der Waals surface area contributed by atoms with Crippen LogP contribution in [0.5, 0.6) is 0 Å². The second-order valence-electron chi connectivity index (χ2n) is 4.10. The minimum Gasteiger partial charge on any atom is -0.334 e. The Balaban J connectivity index is 2.04. The number of hydrogen-bond donors (Lipinski definition) is 0. The lowest BCUT2D eigenvalue weighted by molar-refractivity contribution is 0.432. The lowest BCUT2D eigenvalue weighted by Crippen LogP contribution is -1.86. The molecule has 0 N–H and O–H groups in total. The largest absolute Gasteiger partial charge is 0.334 e. The number of hydrogen-bond acceptors (Lipinski definition) is 4. The summed E-state index contributed by atoms with van der Waals surface area (Å²) in [6.07, 6.45) is 1.69. The van der Waals surface area contributed by atoms with Gasteiger partial charge in [-0.1, -0.05) is 28.9 Å². The fourth-order valence-electron chi connectivity index (χ4n) is 1.76. The van der Waals surface area contributed by atoms with Crippen molar-refractivity contribution in [3.05, 3.63) is 53.2 Å². The molecule has 0 saturated carbocycles. The molecule has 0 unspecified atom stereocenters. The first-order valence-electron chi connectivity index (χ1n) is 5.76. The van der Waals surface area contributed by atoms with Crippen LogP contribution in [0, 0.1) is 6.92 Å². The lowest BCUT2D eigenvalue weighted by Gasteiger charge is -2.00. The molecule has 3 rings (SSSR count). The molecule has 3 aromatic rings. The summed E-state index contributed by atoms with van der Waals surface area (Å²) >= 11 is 5.99. The van der Waals surface area contributed by atoms with Crippen LogP contribution in [0.2, 0.25) is 5.02 Å². The van der Waals surface area contributed by atoms with Gasteiger partial charge in [0.15, 0.2) is 0 Å². The number of pyridine rings is 1. The molecule has 0 aliphatic carbocycles. The third kappa shape index (κ3) is 2.35. The first-order chi connectivity index (χ1) is 9.24. The molecule has 0 fully saturated rings. The molecule has 0 amide bonds. The molecule has 0 radical (unpaired) electrons. The van der Waals surface area contributed by atoms with E-state index < -0.39 is 0 Å². The van der Waals surface area contributed by atoms with Crippen molar-refractivity contribution in [1.82, 2.24) is 15.1 Å². The maximum Gasteiger partial charge on any atom is 0.258 e. The molecule has 0 aliphatic heterocycles. The monoisotopic (exact) mass is 271 g/mol. The predicted molar refractivity (Wildman–Crippen MR) is 72.7 cm³/mol. The topological polar surface area (TPSA) is 51.8 Å². The minimum absolute atomic E-state index is 0.445. The maximum atomic E-state index is 5.99. The highest BCUT2D eigenvalue weighted by molar-refractivity contribution is 6.30. The highest BCUT2D eigenvalue weighted by Crippen LogP contribution is 2.26. The third-order valence-electron chi connectivity index (χ3n) is 2.75. The van der Waals surface area contributed by atoms with E-state index in [9.17, 15) is 0 Å². The zero-order valence-electron chi connectivity index (χ0n) is 10.2. The van der Waals surface area contributed by atoms with E-state index in [1.165, 1.54) is 0 Å². The normalized spacial score (nSPS) is 10.6. The lowest BCUT2D eigenvalue weighted by atomic mass is 10.1. The van der Waals surface area contributed by atoms with Crippen molar-refractivity contribution in [1.29, 1.82) is 0 Å². The summed E-state index contributed by atoms with van der Waals surface area (Å²) in [6.45, 7) is 1.97. The molecule has 0 aliphatic rings. The van der Waals surface area contributed by atoms with Crippen LogP contribution in [0.4, 0.5) is 0 Å². The molecule has 0 atom stereocenters. The summed E-state index contributed by atoms with van der Waals surface area (Å²) in [7, 11) is 0. The zero-order chi connectivity index (χ0) is 13.2. The van der Waals surface area contributed by atoms with E-state index in [1.54, 1.807) is 6.20 Å². The molecule has 0 bridgehead atoms. The van der Waals surface area contributed by atoms with Gasteiger partial charge < -0.3 is 4.52 Å². The van der Waals surface area contributed by atoms with Gasteiger partial charge in [-0.3, -0.25) is 4.98 Å². The third-order valence-corrected chi connectivity index (χ3v) is 2.99. The Labute approximate surface area is 115 Å². The number of halogens is 1. The van der Waals surface area contributed by atoms with E-state index in [1.807, 2.05) is 43.3 Å². The average Bonchev–Trinajstić information content (AvgIpc) is 2.92. The molecule has 2 aromatic heterocycles. The summed E-state index contributed by atoms with van der Waals surface area (Å²) in [5.41, 5.74) is 2.54. The first kappa shape index (κ1) is 11.9. The number of rotatable bonds is 2. The van der Waals surface area contributed by atoms with E-state index >= 15 is 0 Å². The maximum absolute atomic E-state index is 5.99. The second-order valence-corrected chi connectivity index (χ2v) is 4.53. The van der Waals surface area contributed by atoms with Gasteiger partial charge in [-0.05, 0) is 36.8 Å². The van der Waals surface area contributed by atoms with Gasteiger partial charge in [0, 0.05) is 16.8 Å². The van der Waals surface area contributed by atoms with Crippen molar-refractivity contribution in [2.24, 2.45) is 0 Å². The standard InChI is InChI=1S/C14H10ClN3O/c1-9-5-6-10(15)8-11(9)14-17-13(18-19-14)12-4-2-3-7-16-12/h2-8H,1H3. The van der Waals surface area contributed by atoms with Gasteiger partial charge in [-0.25, -0.2) is 0 Å². The molecule has 5 heteroatoms. The molecule has 0 saturated heterocycles. The van der Waals surface area contributed by atoms with Crippen molar-refractivity contribution in [2.75, 3.05) is 0 Å². The molecule has 19 heavy (non-hydrogen) atoms. The van der Waals surface area contributed by atoms with Crippen LogP contribution < -0.4 is 0 Å². The fraction of sp³-hybridized carbons (Fsp3) is 0.0714. The van der Waals surface area contributed by atoms with Crippen molar-refractivity contribution in [2.45, 2.75) is 6.92 Å². The van der Waals surface area contributed by atoms with Gasteiger partial charge in [0.05, 0.1) is 0 Å². The Morgan fingerprint density at radius 1 is 1.16 bits per heavy atom. The smallest absolute Gasteiger partial charge is 0.258 e. The van der Waals surface area contributed by atoms with E-state index in [2.05, 4.69) is 15.1 Å². The van der Waals surface area contributed by atoms with E-state index in [4.69, 9.17) is 16.1 Å². The average molecular weight is 272 g/mol. The summed E-state index contributed by atoms with van der Waals surface area (Å²) in [6, 6.07) is 11.1. The van der Waals surface area contributed by atoms with Crippen LogP contribution >= 0.6 is 11.6 Å². The van der Waals surface area contributed by atoms with E-state index in [-0.39, 0.29) is 0 Å². The summed E-state index contributed by atoms with van der Waals surface area (Å²) in [4.78, 5) is 8.54. The number of aromatic nitrogens is 3. The Kier molecular flexibility index (Phi) is 3.01. The van der Waals surface area contributed by atoms with Crippen molar-refractivity contribution in [3.63, 3.8) is 0 Å². The Morgan fingerprint density at radius 3 is 2.84 bits per heavy atom. The summed E-state index contributed by atoms with van der Waals surface area (Å²) < 4.78 is 5.28. The SMILES string of the molecule is Cc1ccc(Cl)cc1-c1nc(-c2ccccn2)no1. The molecule has 2 heterocycles. The highest BCUT2D eigenvalue weighted by Gasteiger charge is 2.13. The van der Waals surface area contributed by atoms with Crippen molar-refractivity contribution >= 4 is 11.6 Å². The minimum atomic E-state index is 0.445. The molecule has 94 valence electrons. The van der Waals surface area contributed by atoms with Gasteiger partial charge in [0.25, 0.3) is 5.89 Å². The van der Waals surface area contributed by atoms with Crippen molar-refractivity contribution in [3.8, 4) is 23.0 Å². The van der Waals surface area contributed by atoms with Crippen LogP contribution in [0.25, 0.3) is 23.0 Å². The molecular weight excluding hydrogens is 262 g/mol. The Morgan fingerprint density at radius 2 is 2.05 bits per heavy atom. The van der Waals surface area contributed by atoms with Crippen LogP contribution in [-0.2, 0) is 0 Å². The molecular formula is C14H10ClN3O. The van der Waals surface area contributed by atoms with Gasteiger partial charge in [-0.15, -0.1) is 0 Å². The van der Waals surface area contributed by atoms with Gasteiger partial charge in [0.2, 0.25) is 5.82 Å². The van der Waals surface area contributed by atoms with Gasteiger partial charge >= 0.3 is 0 Å². The van der Waals surface area contributed by atoms with Crippen LogP contribution in [0.15, 0.2) is 47.1 Å². The van der Waals surface area contributed by atoms with Gasteiger partial charge in [-0.2, -0.15) is 4.98 Å². The predicted octanol–water partition coefficient (Wildman–Crippen LogP) is 3.76.